The van der Waals surface area contributed by atoms with E-state index in [1.54, 1.807) is 0 Å². The molecule has 1 rings (SSSR count). The van der Waals surface area contributed by atoms with Crippen LogP contribution in [0.2, 0.25) is 0 Å². The van der Waals surface area contributed by atoms with Crippen LogP contribution >= 0.6 is 0 Å². The van der Waals surface area contributed by atoms with Gasteiger partial charge >= 0.3 is 5.97 Å². The Balaban J connectivity index is 2.46. The van der Waals surface area contributed by atoms with Crippen molar-refractivity contribution in [1.29, 1.82) is 0 Å². The van der Waals surface area contributed by atoms with Crippen LogP contribution in [-0.4, -0.2) is 35.6 Å². The van der Waals surface area contributed by atoms with Gasteiger partial charge in [-0.05, 0) is 25.3 Å². The Labute approximate surface area is 95.6 Å². The first-order valence-electron chi connectivity index (χ1n) is 5.76. The van der Waals surface area contributed by atoms with E-state index in [2.05, 4.69) is 10.6 Å². The van der Waals surface area contributed by atoms with Crippen molar-refractivity contribution in [3.8, 4) is 0 Å². The summed E-state index contributed by atoms with van der Waals surface area (Å²) in [6, 6.07) is -0.428. The van der Waals surface area contributed by atoms with Gasteiger partial charge < -0.3 is 15.7 Å². The summed E-state index contributed by atoms with van der Waals surface area (Å²) in [5, 5.41) is 14.6. The Morgan fingerprint density at radius 2 is 2.19 bits per heavy atom. The van der Waals surface area contributed by atoms with E-state index in [-0.39, 0.29) is 30.3 Å². The zero-order valence-electron chi connectivity index (χ0n) is 9.82. The third-order valence-electron chi connectivity index (χ3n) is 2.90. The molecule has 1 amide bonds. The standard InChI is InChI=1S/C11H20N2O3/c1-7(2)9(6-10(14)15)13-11(16)8-4-3-5-12-8/h7-9,12H,3-6H2,1-2H3,(H,13,16)(H,14,15)/t8-,9?/m0/s1. The predicted octanol–water partition coefficient (Wildman–Crippen LogP) is 0.354. The molecule has 1 saturated heterocycles. The number of carbonyl (C=O) groups excluding carboxylic acids is 1. The molecule has 0 aliphatic carbocycles. The molecule has 0 aromatic heterocycles. The Morgan fingerprint density at radius 3 is 2.62 bits per heavy atom. The lowest BCUT2D eigenvalue weighted by atomic mass is 10.0. The van der Waals surface area contributed by atoms with Gasteiger partial charge in [0.25, 0.3) is 0 Å². The summed E-state index contributed by atoms with van der Waals surface area (Å²) in [5.41, 5.74) is 0. The maximum absolute atomic E-state index is 11.8. The van der Waals surface area contributed by atoms with Gasteiger partial charge in [-0.2, -0.15) is 0 Å². The van der Waals surface area contributed by atoms with E-state index in [4.69, 9.17) is 5.11 Å². The van der Waals surface area contributed by atoms with Crippen LogP contribution < -0.4 is 10.6 Å². The maximum atomic E-state index is 11.8. The molecular formula is C11H20N2O3. The highest BCUT2D eigenvalue weighted by Crippen LogP contribution is 2.09. The highest BCUT2D eigenvalue weighted by Gasteiger charge is 2.26. The van der Waals surface area contributed by atoms with Crippen molar-refractivity contribution in [3.63, 3.8) is 0 Å². The Hall–Kier alpha value is -1.10. The van der Waals surface area contributed by atoms with Gasteiger partial charge in [0.15, 0.2) is 0 Å². The zero-order valence-corrected chi connectivity index (χ0v) is 9.82. The highest BCUT2D eigenvalue weighted by atomic mass is 16.4. The smallest absolute Gasteiger partial charge is 0.305 e. The number of amides is 1. The summed E-state index contributed by atoms with van der Waals surface area (Å²) in [6.45, 7) is 4.69. The molecule has 2 atom stereocenters. The lowest BCUT2D eigenvalue weighted by Gasteiger charge is -2.22. The lowest BCUT2D eigenvalue weighted by Crippen LogP contribution is -2.47. The number of carbonyl (C=O) groups is 2. The number of rotatable bonds is 5. The van der Waals surface area contributed by atoms with Crippen molar-refractivity contribution in [2.45, 2.75) is 45.2 Å². The van der Waals surface area contributed by atoms with Crippen LogP contribution in [0.1, 0.15) is 33.1 Å². The van der Waals surface area contributed by atoms with Crippen LogP contribution in [0.3, 0.4) is 0 Å². The van der Waals surface area contributed by atoms with Crippen molar-refractivity contribution < 1.29 is 14.7 Å². The molecule has 0 saturated carbocycles. The molecule has 0 aromatic rings. The molecule has 0 radical (unpaired) electrons. The van der Waals surface area contributed by atoms with Crippen LogP contribution in [-0.2, 0) is 9.59 Å². The van der Waals surface area contributed by atoms with E-state index in [9.17, 15) is 9.59 Å². The Kier molecular flexibility index (Phi) is 4.73. The first-order chi connectivity index (χ1) is 7.50. The van der Waals surface area contributed by atoms with Crippen molar-refractivity contribution >= 4 is 11.9 Å². The van der Waals surface area contributed by atoms with Gasteiger partial charge in [-0.1, -0.05) is 13.8 Å². The predicted molar refractivity (Wildman–Crippen MR) is 60.0 cm³/mol. The fourth-order valence-corrected chi connectivity index (χ4v) is 1.83. The number of carboxylic acid groups (broad SMARTS) is 1. The normalized spacial score (nSPS) is 22.1. The molecule has 1 unspecified atom stereocenters. The largest absolute Gasteiger partial charge is 0.481 e. The molecule has 1 fully saturated rings. The summed E-state index contributed by atoms with van der Waals surface area (Å²) >= 11 is 0. The molecule has 1 aliphatic heterocycles. The van der Waals surface area contributed by atoms with Crippen LogP contribution in [0.5, 0.6) is 0 Å². The maximum Gasteiger partial charge on any atom is 0.305 e. The van der Waals surface area contributed by atoms with Crippen LogP contribution in [0.25, 0.3) is 0 Å². The molecule has 1 heterocycles. The summed E-state index contributed by atoms with van der Waals surface area (Å²) in [7, 11) is 0. The highest BCUT2D eigenvalue weighted by molar-refractivity contribution is 5.82. The Morgan fingerprint density at radius 1 is 1.50 bits per heavy atom. The van der Waals surface area contributed by atoms with Crippen LogP contribution in [0.4, 0.5) is 0 Å². The van der Waals surface area contributed by atoms with Gasteiger partial charge in [0.2, 0.25) is 5.91 Å². The topological polar surface area (TPSA) is 78.4 Å². The second-order valence-corrected chi connectivity index (χ2v) is 4.61. The van der Waals surface area contributed by atoms with Gasteiger partial charge in [0.05, 0.1) is 12.5 Å². The van der Waals surface area contributed by atoms with Crippen LogP contribution in [0.15, 0.2) is 0 Å². The third kappa shape index (κ3) is 3.81. The molecule has 92 valence electrons. The molecule has 0 bridgehead atoms. The zero-order chi connectivity index (χ0) is 12.1. The minimum atomic E-state index is -0.876. The van der Waals surface area contributed by atoms with E-state index < -0.39 is 5.97 Å². The van der Waals surface area contributed by atoms with E-state index in [0.29, 0.717) is 0 Å². The van der Waals surface area contributed by atoms with Gasteiger partial charge in [-0.25, -0.2) is 0 Å². The molecule has 0 spiro atoms. The van der Waals surface area contributed by atoms with Crippen molar-refractivity contribution in [3.05, 3.63) is 0 Å². The summed E-state index contributed by atoms with van der Waals surface area (Å²) in [4.78, 5) is 22.4. The van der Waals surface area contributed by atoms with E-state index in [0.717, 1.165) is 19.4 Å². The van der Waals surface area contributed by atoms with Crippen molar-refractivity contribution in [2.75, 3.05) is 6.54 Å². The molecule has 5 heteroatoms. The minimum Gasteiger partial charge on any atom is -0.481 e. The fourth-order valence-electron chi connectivity index (χ4n) is 1.83. The first-order valence-corrected chi connectivity index (χ1v) is 5.76. The van der Waals surface area contributed by atoms with Crippen LogP contribution in [0, 0.1) is 5.92 Å². The first kappa shape index (κ1) is 13.0. The minimum absolute atomic E-state index is 0.0177. The monoisotopic (exact) mass is 228 g/mol. The molecule has 0 aromatic carbocycles. The van der Waals surface area contributed by atoms with Gasteiger partial charge in [-0.3, -0.25) is 9.59 Å². The third-order valence-corrected chi connectivity index (χ3v) is 2.90. The van der Waals surface area contributed by atoms with E-state index in [1.807, 2.05) is 13.8 Å². The average Bonchev–Trinajstić information content (AvgIpc) is 2.68. The lowest BCUT2D eigenvalue weighted by molar-refractivity contribution is -0.138. The van der Waals surface area contributed by atoms with Gasteiger partial charge in [0.1, 0.15) is 0 Å². The molecule has 3 N–H and O–H groups in total. The SMILES string of the molecule is CC(C)C(CC(=O)O)NC(=O)[C@@H]1CCCN1. The van der Waals surface area contributed by atoms with Crippen molar-refractivity contribution in [2.24, 2.45) is 5.92 Å². The second-order valence-electron chi connectivity index (χ2n) is 4.61. The van der Waals surface area contributed by atoms with E-state index >= 15 is 0 Å². The number of hydrogen-bond donors (Lipinski definition) is 3. The van der Waals surface area contributed by atoms with Gasteiger partial charge in [-0.15, -0.1) is 0 Å². The Bertz CT molecular complexity index is 260. The molecule has 16 heavy (non-hydrogen) atoms. The molecule has 5 nitrogen and oxygen atoms in total. The molecular weight excluding hydrogens is 208 g/mol. The fraction of sp³-hybridized carbons (Fsp3) is 0.818. The van der Waals surface area contributed by atoms with Gasteiger partial charge in [0, 0.05) is 6.04 Å². The summed E-state index contributed by atoms with van der Waals surface area (Å²) in [5.74, 6) is -0.822. The summed E-state index contributed by atoms with van der Waals surface area (Å²) in [6.07, 6.45) is 1.82. The summed E-state index contributed by atoms with van der Waals surface area (Å²) < 4.78 is 0. The molecule has 1 aliphatic rings. The average molecular weight is 228 g/mol. The number of carboxylic acids is 1. The quantitative estimate of drug-likeness (QED) is 0.634. The van der Waals surface area contributed by atoms with Crippen molar-refractivity contribution in [1.82, 2.24) is 10.6 Å². The number of nitrogens with one attached hydrogen (secondary N) is 2. The van der Waals surface area contributed by atoms with E-state index in [1.165, 1.54) is 0 Å². The second kappa shape index (κ2) is 5.84. The number of aliphatic carboxylic acids is 1. The number of hydrogen-bond acceptors (Lipinski definition) is 3.